The van der Waals surface area contributed by atoms with Crippen molar-refractivity contribution in [2.45, 2.75) is 19.4 Å². The molecular weight excluding hydrogens is 400 g/mol. The van der Waals surface area contributed by atoms with Gasteiger partial charge in [-0.3, -0.25) is 9.58 Å². The van der Waals surface area contributed by atoms with E-state index in [2.05, 4.69) is 35.2 Å². The number of benzene rings is 2. The van der Waals surface area contributed by atoms with Gasteiger partial charge >= 0.3 is 0 Å². The van der Waals surface area contributed by atoms with E-state index in [1.165, 1.54) is 24.9 Å². The number of aryl methyl sites for hydroxylation is 1. The fourth-order valence-electron chi connectivity index (χ4n) is 4.11. The smallest absolute Gasteiger partial charge is 0.127 e. The minimum Gasteiger partial charge on any atom is -0.457 e. The summed E-state index contributed by atoms with van der Waals surface area (Å²) in [7, 11) is 4.19. The van der Waals surface area contributed by atoms with E-state index in [-0.39, 0.29) is 0 Å². The zero-order valence-electron chi connectivity index (χ0n) is 19.2. The third kappa shape index (κ3) is 6.42. The van der Waals surface area contributed by atoms with Gasteiger partial charge in [0.1, 0.15) is 11.5 Å². The molecule has 2 heterocycles. The predicted octanol–water partition coefficient (Wildman–Crippen LogP) is 4.42. The van der Waals surface area contributed by atoms with Gasteiger partial charge in [0.2, 0.25) is 0 Å². The van der Waals surface area contributed by atoms with E-state index >= 15 is 0 Å². The molecule has 1 saturated heterocycles. The molecule has 1 aromatic heterocycles. The summed E-state index contributed by atoms with van der Waals surface area (Å²) >= 11 is 0. The molecule has 1 aliphatic heterocycles. The number of unbranched alkanes of at least 4 members (excludes halogenated alkanes) is 1. The van der Waals surface area contributed by atoms with Gasteiger partial charge in [0, 0.05) is 44.0 Å². The number of hydrogen-bond donors (Lipinski definition) is 0. The van der Waals surface area contributed by atoms with Crippen molar-refractivity contribution in [3.05, 3.63) is 66.4 Å². The van der Waals surface area contributed by atoms with Gasteiger partial charge in [-0.2, -0.15) is 5.10 Å². The van der Waals surface area contributed by atoms with Gasteiger partial charge in [0.25, 0.3) is 0 Å². The summed E-state index contributed by atoms with van der Waals surface area (Å²) in [5, 5.41) is 4.74. The summed E-state index contributed by atoms with van der Waals surface area (Å²) in [5.41, 5.74) is 3.40. The van der Waals surface area contributed by atoms with Gasteiger partial charge in [0.05, 0.1) is 18.9 Å². The van der Waals surface area contributed by atoms with E-state index < -0.39 is 0 Å². The van der Waals surface area contributed by atoms with Crippen LogP contribution in [0.1, 0.15) is 18.4 Å². The van der Waals surface area contributed by atoms with Crippen LogP contribution in [0.3, 0.4) is 0 Å². The minimum absolute atomic E-state index is 0.829. The van der Waals surface area contributed by atoms with Crippen molar-refractivity contribution in [2.75, 3.05) is 46.4 Å². The molecular formula is C26H34N4O2. The highest BCUT2D eigenvalue weighted by molar-refractivity contribution is 5.63. The second kappa shape index (κ2) is 11.3. The van der Waals surface area contributed by atoms with Crippen molar-refractivity contribution in [1.29, 1.82) is 0 Å². The monoisotopic (exact) mass is 434 g/mol. The van der Waals surface area contributed by atoms with Gasteiger partial charge in [-0.15, -0.1) is 0 Å². The Kier molecular flexibility index (Phi) is 7.93. The molecule has 0 saturated carbocycles. The first-order valence-corrected chi connectivity index (χ1v) is 11.5. The van der Waals surface area contributed by atoms with E-state index in [1.807, 2.05) is 54.2 Å². The Bertz CT molecular complexity index is 950. The molecule has 6 heteroatoms. The molecule has 4 rings (SSSR count). The molecule has 0 unspecified atom stereocenters. The molecule has 3 aromatic rings. The van der Waals surface area contributed by atoms with Crippen molar-refractivity contribution in [2.24, 2.45) is 7.05 Å². The largest absolute Gasteiger partial charge is 0.457 e. The molecule has 0 bridgehead atoms. The van der Waals surface area contributed by atoms with E-state index in [0.29, 0.717) is 0 Å². The summed E-state index contributed by atoms with van der Waals surface area (Å²) in [4.78, 5) is 4.90. The van der Waals surface area contributed by atoms with E-state index in [0.717, 1.165) is 62.1 Å². The van der Waals surface area contributed by atoms with Crippen molar-refractivity contribution in [3.8, 4) is 22.8 Å². The number of ether oxygens (including phenoxy) is 2. The lowest BCUT2D eigenvalue weighted by Crippen LogP contribution is -2.37. The van der Waals surface area contributed by atoms with Gasteiger partial charge < -0.3 is 14.4 Å². The third-order valence-corrected chi connectivity index (χ3v) is 5.82. The molecule has 6 nitrogen and oxygen atoms in total. The number of morpholine rings is 1. The Balaban J connectivity index is 1.31. The van der Waals surface area contributed by atoms with Crippen LogP contribution in [0.15, 0.2) is 60.8 Å². The fraction of sp³-hybridized carbons (Fsp3) is 0.423. The van der Waals surface area contributed by atoms with Crippen molar-refractivity contribution >= 4 is 0 Å². The van der Waals surface area contributed by atoms with E-state index in [9.17, 15) is 0 Å². The molecule has 1 fully saturated rings. The predicted molar refractivity (Wildman–Crippen MR) is 128 cm³/mol. The zero-order valence-corrected chi connectivity index (χ0v) is 19.2. The summed E-state index contributed by atoms with van der Waals surface area (Å²) in [6.45, 7) is 7.05. The molecule has 170 valence electrons. The first kappa shape index (κ1) is 22.5. The molecule has 1 aliphatic rings. The molecule has 0 spiro atoms. The van der Waals surface area contributed by atoms with Crippen LogP contribution < -0.4 is 4.74 Å². The van der Waals surface area contributed by atoms with Crippen LogP contribution in [0.5, 0.6) is 11.5 Å². The normalized spacial score (nSPS) is 14.7. The van der Waals surface area contributed by atoms with Crippen LogP contribution in [0.25, 0.3) is 11.3 Å². The van der Waals surface area contributed by atoms with E-state index in [4.69, 9.17) is 14.6 Å². The van der Waals surface area contributed by atoms with E-state index in [1.54, 1.807) is 0 Å². The van der Waals surface area contributed by atoms with Gasteiger partial charge in [-0.05, 0) is 69.4 Å². The average Bonchev–Trinajstić information content (AvgIpc) is 3.18. The van der Waals surface area contributed by atoms with Crippen LogP contribution >= 0.6 is 0 Å². The van der Waals surface area contributed by atoms with Gasteiger partial charge in [0.15, 0.2) is 0 Å². The van der Waals surface area contributed by atoms with Crippen LogP contribution in [0.4, 0.5) is 0 Å². The standard InChI is InChI=1S/C26H34N4O2/c1-28(14-6-7-15-30-16-18-31-19-17-30)20-23-21-29(2)27-26(23)22-10-12-25(13-11-22)32-24-8-4-3-5-9-24/h3-5,8-13,21H,6-7,14-20H2,1-2H3. The van der Waals surface area contributed by atoms with Crippen LogP contribution in [0, 0.1) is 0 Å². The zero-order chi connectivity index (χ0) is 22.2. The second-order valence-corrected chi connectivity index (χ2v) is 8.52. The quantitative estimate of drug-likeness (QED) is 0.442. The average molecular weight is 435 g/mol. The Hall–Kier alpha value is -2.67. The molecule has 0 amide bonds. The lowest BCUT2D eigenvalue weighted by atomic mass is 10.1. The maximum absolute atomic E-state index is 5.92. The van der Waals surface area contributed by atoms with Crippen molar-refractivity contribution in [3.63, 3.8) is 0 Å². The Labute approximate surface area is 191 Å². The summed E-state index contributed by atoms with van der Waals surface area (Å²) in [6, 6.07) is 18.1. The third-order valence-electron chi connectivity index (χ3n) is 5.82. The Morgan fingerprint density at radius 1 is 0.969 bits per heavy atom. The van der Waals surface area contributed by atoms with Gasteiger partial charge in [-0.25, -0.2) is 0 Å². The molecule has 0 aliphatic carbocycles. The topological polar surface area (TPSA) is 42.8 Å². The molecule has 2 aromatic carbocycles. The highest BCUT2D eigenvalue weighted by atomic mass is 16.5. The highest BCUT2D eigenvalue weighted by Crippen LogP contribution is 2.27. The minimum atomic E-state index is 0.829. The SMILES string of the molecule is CN(CCCCN1CCOCC1)Cc1cn(C)nc1-c1ccc(Oc2ccccc2)cc1. The molecule has 0 N–H and O–H groups in total. The molecule has 32 heavy (non-hydrogen) atoms. The Morgan fingerprint density at radius 2 is 1.69 bits per heavy atom. The first-order valence-electron chi connectivity index (χ1n) is 11.5. The fourth-order valence-corrected chi connectivity index (χ4v) is 4.11. The number of para-hydroxylation sites is 1. The lowest BCUT2D eigenvalue weighted by molar-refractivity contribution is 0.0369. The number of rotatable bonds is 10. The van der Waals surface area contributed by atoms with Crippen LogP contribution in [0.2, 0.25) is 0 Å². The second-order valence-electron chi connectivity index (χ2n) is 8.52. The first-order chi connectivity index (χ1) is 15.7. The maximum Gasteiger partial charge on any atom is 0.127 e. The van der Waals surface area contributed by atoms with Crippen molar-refractivity contribution in [1.82, 2.24) is 19.6 Å². The van der Waals surface area contributed by atoms with Crippen molar-refractivity contribution < 1.29 is 9.47 Å². The lowest BCUT2D eigenvalue weighted by Gasteiger charge is -2.26. The number of hydrogen-bond acceptors (Lipinski definition) is 5. The molecule has 0 radical (unpaired) electrons. The Morgan fingerprint density at radius 3 is 2.44 bits per heavy atom. The number of aromatic nitrogens is 2. The van der Waals surface area contributed by atoms with Crippen LogP contribution in [-0.4, -0.2) is 66.0 Å². The summed E-state index contributed by atoms with van der Waals surface area (Å²) in [6.07, 6.45) is 4.57. The molecule has 0 atom stereocenters. The maximum atomic E-state index is 5.92. The van der Waals surface area contributed by atoms with Gasteiger partial charge in [-0.1, -0.05) is 18.2 Å². The number of nitrogens with zero attached hydrogens (tertiary/aromatic N) is 4. The van der Waals surface area contributed by atoms with Crippen LogP contribution in [-0.2, 0) is 18.3 Å². The highest BCUT2D eigenvalue weighted by Gasteiger charge is 2.13. The summed E-state index contributed by atoms with van der Waals surface area (Å²) in [5.74, 6) is 1.67. The summed E-state index contributed by atoms with van der Waals surface area (Å²) < 4.78 is 13.3.